The molecule has 0 bridgehead atoms. The average molecular weight is 298 g/mol. The lowest BCUT2D eigenvalue weighted by Gasteiger charge is -2.20. The Labute approximate surface area is 124 Å². The molecule has 7 heteroatoms. The van der Waals surface area contributed by atoms with E-state index in [2.05, 4.69) is 5.32 Å². The first kappa shape index (κ1) is 17.3. The third kappa shape index (κ3) is 4.10. The van der Waals surface area contributed by atoms with Gasteiger partial charge in [0.2, 0.25) is 0 Å². The molecule has 0 aliphatic rings. The second-order valence-corrected chi connectivity index (χ2v) is 5.74. The fraction of sp³-hybridized carbons (Fsp3) is 0.714. The quantitative estimate of drug-likeness (QED) is 0.770. The molecule has 0 aromatic carbocycles. The summed E-state index contributed by atoms with van der Waals surface area (Å²) in [4.78, 5) is 24.4. The summed E-state index contributed by atoms with van der Waals surface area (Å²) in [5.74, 6) is 0.447. The van der Waals surface area contributed by atoms with Crippen molar-refractivity contribution in [2.75, 3.05) is 24.8 Å². The second kappa shape index (κ2) is 7.31. The Morgan fingerprint density at radius 1 is 1.29 bits per heavy atom. The molecule has 120 valence electrons. The van der Waals surface area contributed by atoms with Crippen molar-refractivity contribution in [3.05, 3.63) is 20.8 Å². The smallest absolute Gasteiger partial charge is 0.332 e. The highest BCUT2D eigenvalue weighted by atomic mass is 16.5. The Bertz CT molecular complexity index is 589. The van der Waals surface area contributed by atoms with Gasteiger partial charge in [-0.15, -0.1) is 0 Å². The van der Waals surface area contributed by atoms with Crippen LogP contribution in [0.1, 0.15) is 27.2 Å². The summed E-state index contributed by atoms with van der Waals surface area (Å²) in [6.45, 7) is 6.98. The van der Waals surface area contributed by atoms with Gasteiger partial charge in [-0.25, -0.2) is 4.79 Å². The van der Waals surface area contributed by atoms with Gasteiger partial charge >= 0.3 is 5.69 Å². The number of nitrogens with one attached hydrogen (secondary N) is 1. The third-order valence-electron chi connectivity index (χ3n) is 3.28. The minimum atomic E-state index is -0.401. The predicted octanol–water partition coefficient (Wildman–Crippen LogP) is 0.622. The molecule has 3 N–H and O–H groups in total. The molecule has 0 spiro atoms. The fourth-order valence-electron chi connectivity index (χ4n) is 2.07. The number of methoxy groups -OCH3 is 1. The van der Waals surface area contributed by atoms with Crippen molar-refractivity contribution >= 4 is 11.5 Å². The number of rotatable bonds is 7. The topological polar surface area (TPSA) is 91.3 Å². The second-order valence-electron chi connectivity index (χ2n) is 5.74. The maximum atomic E-state index is 12.2. The highest BCUT2D eigenvalue weighted by Crippen LogP contribution is 2.14. The zero-order chi connectivity index (χ0) is 16.2. The summed E-state index contributed by atoms with van der Waals surface area (Å²) >= 11 is 0. The number of hydrogen-bond acceptors (Lipinski definition) is 5. The summed E-state index contributed by atoms with van der Waals surface area (Å²) in [6, 6.07) is 0.0185. The van der Waals surface area contributed by atoms with E-state index < -0.39 is 5.56 Å². The number of aromatic nitrogens is 2. The minimum Gasteiger partial charge on any atom is -0.385 e. The molecule has 0 fully saturated rings. The molecule has 1 aromatic rings. The van der Waals surface area contributed by atoms with E-state index in [-0.39, 0.29) is 29.2 Å². The van der Waals surface area contributed by atoms with E-state index in [1.54, 1.807) is 7.11 Å². The molecule has 1 unspecified atom stereocenters. The number of anilines is 2. The van der Waals surface area contributed by atoms with Crippen molar-refractivity contribution < 1.29 is 4.74 Å². The maximum Gasteiger partial charge on any atom is 0.332 e. The van der Waals surface area contributed by atoms with E-state index in [4.69, 9.17) is 10.5 Å². The van der Waals surface area contributed by atoms with Crippen LogP contribution in [-0.2, 0) is 18.3 Å². The zero-order valence-electron chi connectivity index (χ0n) is 13.5. The maximum absolute atomic E-state index is 12.2. The molecule has 7 nitrogen and oxygen atoms in total. The van der Waals surface area contributed by atoms with Gasteiger partial charge in [-0.2, -0.15) is 0 Å². The van der Waals surface area contributed by atoms with Crippen molar-refractivity contribution in [3.63, 3.8) is 0 Å². The van der Waals surface area contributed by atoms with Crippen molar-refractivity contribution in [3.8, 4) is 0 Å². The first-order chi connectivity index (χ1) is 9.79. The van der Waals surface area contributed by atoms with E-state index in [0.29, 0.717) is 13.2 Å². The van der Waals surface area contributed by atoms with Gasteiger partial charge < -0.3 is 15.8 Å². The Hall–Kier alpha value is -1.76. The summed E-state index contributed by atoms with van der Waals surface area (Å²) < 4.78 is 7.55. The molecular formula is C14H26N4O3. The first-order valence-corrected chi connectivity index (χ1v) is 7.14. The molecule has 21 heavy (non-hydrogen) atoms. The van der Waals surface area contributed by atoms with Gasteiger partial charge in [-0.05, 0) is 19.3 Å². The Morgan fingerprint density at radius 3 is 2.43 bits per heavy atom. The Balaban J connectivity index is 3.23. The number of hydrogen-bond donors (Lipinski definition) is 2. The molecule has 0 saturated carbocycles. The molecule has 1 heterocycles. The van der Waals surface area contributed by atoms with Crippen molar-refractivity contribution in [2.45, 2.75) is 39.8 Å². The van der Waals surface area contributed by atoms with Crippen LogP contribution in [0.3, 0.4) is 0 Å². The molecule has 0 aliphatic heterocycles. The standard InChI is InChI=1S/C14H26N4O3/c1-9(2)8-18-12(15)11(13(19)17(4)14(18)20)16-10(3)6-7-21-5/h9-10,16H,6-8,15H2,1-5H3. The minimum absolute atomic E-state index is 0.0185. The number of nitrogens with zero attached hydrogens (tertiary/aromatic N) is 2. The summed E-state index contributed by atoms with van der Waals surface area (Å²) in [6.07, 6.45) is 0.738. The average Bonchev–Trinajstić information content (AvgIpc) is 2.43. The zero-order valence-corrected chi connectivity index (χ0v) is 13.5. The van der Waals surface area contributed by atoms with Crippen LogP contribution in [0.5, 0.6) is 0 Å². The van der Waals surface area contributed by atoms with Gasteiger partial charge in [0.25, 0.3) is 5.56 Å². The molecule has 1 aromatic heterocycles. The van der Waals surface area contributed by atoms with Gasteiger partial charge in [0.15, 0.2) is 0 Å². The number of ether oxygens (including phenoxy) is 1. The van der Waals surface area contributed by atoms with Gasteiger partial charge in [0.1, 0.15) is 11.5 Å². The summed E-state index contributed by atoms with van der Waals surface area (Å²) in [7, 11) is 3.09. The molecule has 0 saturated heterocycles. The van der Waals surface area contributed by atoms with Gasteiger partial charge in [-0.3, -0.25) is 13.9 Å². The Kier molecular flexibility index (Phi) is 6.02. The van der Waals surface area contributed by atoms with Crippen LogP contribution in [0.25, 0.3) is 0 Å². The van der Waals surface area contributed by atoms with Crippen molar-refractivity contribution in [2.24, 2.45) is 13.0 Å². The van der Waals surface area contributed by atoms with Gasteiger partial charge in [0.05, 0.1) is 0 Å². The summed E-state index contributed by atoms with van der Waals surface area (Å²) in [5, 5.41) is 3.10. The molecule has 0 aliphatic carbocycles. The fourth-order valence-corrected chi connectivity index (χ4v) is 2.07. The number of nitrogens with two attached hydrogens (primary N) is 1. The lowest BCUT2D eigenvalue weighted by atomic mass is 10.2. The first-order valence-electron chi connectivity index (χ1n) is 7.14. The van der Waals surface area contributed by atoms with Crippen LogP contribution < -0.4 is 22.3 Å². The van der Waals surface area contributed by atoms with Gasteiger partial charge in [0, 0.05) is 33.4 Å². The highest BCUT2D eigenvalue weighted by molar-refractivity contribution is 5.61. The van der Waals surface area contributed by atoms with E-state index in [0.717, 1.165) is 11.0 Å². The lowest BCUT2D eigenvalue weighted by Crippen LogP contribution is -2.42. The van der Waals surface area contributed by atoms with Crippen LogP contribution >= 0.6 is 0 Å². The third-order valence-corrected chi connectivity index (χ3v) is 3.28. The van der Waals surface area contributed by atoms with E-state index in [1.165, 1.54) is 11.6 Å². The largest absolute Gasteiger partial charge is 0.385 e. The van der Waals surface area contributed by atoms with Crippen LogP contribution in [-0.4, -0.2) is 28.9 Å². The van der Waals surface area contributed by atoms with Crippen LogP contribution in [0.2, 0.25) is 0 Å². The molecular weight excluding hydrogens is 272 g/mol. The highest BCUT2D eigenvalue weighted by Gasteiger charge is 2.17. The monoisotopic (exact) mass is 298 g/mol. The summed E-state index contributed by atoms with van der Waals surface area (Å²) in [5.41, 5.74) is 5.53. The predicted molar refractivity (Wildman–Crippen MR) is 84.8 cm³/mol. The van der Waals surface area contributed by atoms with Gasteiger partial charge in [-0.1, -0.05) is 13.8 Å². The van der Waals surface area contributed by atoms with Crippen LogP contribution in [0, 0.1) is 5.92 Å². The normalized spacial score (nSPS) is 12.7. The van der Waals surface area contributed by atoms with Crippen molar-refractivity contribution in [1.82, 2.24) is 9.13 Å². The SMILES string of the molecule is COCCC(C)Nc1c(N)n(CC(C)C)c(=O)n(C)c1=O. The molecule has 1 rings (SSSR count). The van der Waals surface area contributed by atoms with Crippen molar-refractivity contribution in [1.29, 1.82) is 0 Å². The van der Waals surface area contributed by atoms with E-state index in [9.17, 15) is 9.59 Å². The Morgan fingerprint density at radius 2 is 1.90 bits per heavy atom. The molecule has 0 amide bonds. The molecule has 0 radical (unpaired) electrons. The lowest BCUT2D eigenvalue weighted by molar-refractivity contribution is 0.191. The molecule has 1 atom stereocenters. The van der Waals surface area contributed by atoms with E-state index >= 15 is 0 Å². The van der Waals surface area contributed by atoms with Crippen LogP contribution in [0.4, 0.5) is 11.5 Å². The van der Waals surface area contributed by atoms with Crippen LogP contribution in [0.15, 0.2) is 9.59 Å². The number of nitrogen functional groups attached to an aromatic ring is 1. The van der Waals surface area contributed by atoms with E-state index in [1.807, 2.05) is 20.8 Å².